The van der Waals surface area contributed by atoms with Crippen molar-refractivity contribution in [1.82, 2.24) is 10.2 Å². The van der Waals surface area contributed by atoms with Gasteiger partial charge in [0.2, 0.25) is 0 Å². The van der Waals surface area contributed by atoms with Crippen LogP contribution in [0.15, 0.2) is 23.1 Å². The van der Waals surface area contributed by atoms with Gasteiger partial charge in [0, 0.05) is 19.6 Å². The lowest BCUT2D eigenvalue weighted by molar-refractivity contribution is 0.0697. The van der Waals surface area contributed by atoms with Crippen LogP contribution in [0.4, 0.5) is 4.79 Å². The van der Waals surface area contributed by atoms with Gasteiger partial charge < -0.3 is 15.3 Å². The van der Waals surface area contributed by atoms with Crippen molar-refractivity contribution in [3.63, 3.8) is 0 Å². The zero-order valence-corrected chi connectivity index (χ0v) is 12.4. The van der Waals surface area contributed by atoms with E-state index < -0.39 is 15.8 Å². The number of sulfone groups is 1. The van der Waals surface area contributed by atoms with Gasteiger partial charge in [-0.25, -0.2) is 18.0 Å². The maximum atomic E-state index is 12.2. The average Bonchev–Trinajstić information content (AvgIpc) is 2.82. The normalized spacial score (nSPS) is 15.1. The first kappa shape index (κ1) is 15.6. The minimum atomic E-state index is -3.69. The lowest BCUT2D eigenvalue weighted by Gasteiger charge is -2.14. The number of hydrogen-bond acceptors (Lipinski definition) is 4. The highest BCUT2D eigenvalue weighted by Crippen LogP contribution is 2.21. The summed E-state index contributed by atoms with van der Waals surface area (Å²) in [5.41, 5.74) is -0.267. The van der Waals surface area contributed by atoms with Gasteiger partial charge in [-0.1, -0.05) is 11.6 Å². The van der Waals surface area contributed by atoms with Crippen molar-refractivity contribution >= 4 is 33.4 Å². The summed E-state index contributed by atoms with van der Waals surface area (Å²) in [6, 6.07) is 3.23. The van der Waals surface area contributed by atoms with Crippen molar-refractivity contribution in [1.29, 1.82) is 0 Å². The van der Waals surface area contributed by atoms with Crippen LogP contribution < -0.4 is 5.32 Å². The molecule has 0 radical (unpaired) electrons. The van der Waals surface area contributed by atoms with Gasteiger partial charge in [-0.2, -0.15) is 0 Å². The van der Waals surface area contributed by atoms with E-state index in [-0.39, 0.29) is 33.8 Å². The molecule has 1 aliphatic heterocycles. The molecule has 1 aromatic carbocycles. The molecule has 0 bridgehead atoms. The topological polar surface area (TPSA) is 104 Å². The molecular weight excluding hydrogens is 320 g/mol. The molecule has 1 saturated heterocycles. The molecule has 1 fully saturated rings. The van der Waals surface area contributed by atoms with Gasteiger partial charge >= 0.3 is 12.0 Å². The fraction of sp³-hybridized carbons (Fsp3) is 0.333. The first-order valence-corrected chi connectivity index (χ1v) is 8.12. The second kappa shape index (κ2) is 5.90. The van der Waals surface area contributed by atoms with Crippen molar-refractivity contribution in [2.75, 3.05) is 25.4 Å². The van der Waals surface area contributed by atoms with Gasteiger partial charge in [0.1, 0.15) is 0 Å². The zero-order valence-electron chi connectivity index (χ0n) is 10.9. The van der Waals surface area contributed by atoms with E-state index in [2.05, 4.69) is 5.32 Å². The van der Waals surface area contributed by atoms with E-state index in [0.29, 0.717) is 13.1 Å². The Kier molecular flexibility index (Phi) is 4.38. The first-order valence-electron chi connectivity index (χ1n) is 6.09. The molecular formula is C12H13ClN2O5S. The van der Waals surface area contributed by atoms with Crippen molar-refractivity contribution in [3.05, 3.63) is 28.8 Å². The highest BCUT2D eigenvalue weighted by Gasteiger charge is 2.24. The van der Waals surface area contributed by atoms with E-state index in [9.17, 15) is 18.0 Å². The van der Waals surface area contributed by atoms with Gasteiger partial charge in [0.05, 0.1) is 21.2 Å². The van der Waals surface area contributed by atoms with Crippen LogP contribution >= 0.6 is 11.6 Å². The van der Waals surface area contributed by atoms with E-state index in [0.717, 1.165) is 6.07 Å². The number of hydrogen-bond donors (Lipinski definition) is 2. The fourth-order valence-corrected chi connectivity index (χ4v) is 3.40. The van der Waals surface area contributed by atoms with Gasteiger partial charge in [-0.05, 0) is 18.2 Å². The summed E-state index contributed by atoms with van der Waals surface area (Å²) in [5, 5.41) is 11.5. The molecule has 0 unspecified atom stereocenters. The van der Waals surface area contributed by atoms with Crippen LogP contribution in [0, 0.1) is 0 Å². The molecule has 9 heteroatoms. The van der Waals surface area contributed by atoms with Crippen molar-refractivity contribution in [2.45, 2.75) is 4.90 Å². The molecule has 0 aromatic heterocycles. The quantitative estimate of drug-likeness (QED) is 0.831. The van der Waals surface area contributed by atoms with Gasteiger partial charge in [-0.3, -0.25) is 0 Å². The van der Waals surface area contributed by atoms with E-state index in [1.54, 1.807) is 0 Å². The number of aromatic carboxylic acids is 1. The lowest BCUT2D eigenvalue weighted by atomic mass is 10.2. The Labute approximate surface area is 126 Å². The lowest BCUT2D eigenvalue weighted by Crippen LogP contribution is -2.32. The number of carboxylic acid groups (broad SMARTS) is 1. The Morgan fingerprint density at radius 3 is 2.71 bits per heavy atom. The summed E-state index contributed by atoms with van der Waals surface area (Å²) in [6.45, 7) is 0.998. The number of carbonyl (C=O) groups excluding carboxylic acids is 1. The van der Waals surface area contributed by atoms with E-state index in [1.165, 1.54) is 17.0 Å². The molecule has 1 aromatic rings. The van der Waals surface area contributed by atoms with Crippen molar-refractivity contribution in [3.8, 4) is 0 Å². The van der Waals surface area contributed by atoms with Gasteiger partial charge in [-0.15, -0.1) is 0 Å². The molecule has 0 atom stereocenters. The maximum Gasteiger partial charge on any atom is 0.337 e. The summed E-state index contributed by atoms with van der Waals surface area (Å²) in [4.78, 5) is 23.6. The van der Waals surface area contributed by atoms with Crippen LogP contribution in [-0.4, -0.2) is 55.8 Å². The monoisotopic (exact) mass is 332 g/mol. The first-order chi connectivity index (χ1) is 9.81. The smallest absolute Gasteiger partial charge is 0.337 e. The maximum absolute atomic E-state index is 12.2. The molecule has 2 amide bonds. The second-order valence-corrected chi connectivity index (χ2v) is 7.00. The Bertz CT molecular complexity index is 689. The molecule has 1 heterocycles. The molecule has 114 valence electrons. The Morgan fingerprint density at radius 1 is 1.43 bits per heavy atom. The van der Waals surface area contributed by atoms with E-state index in [4.69, 9.17) is 16.7 Å². The number of carbonyl (C=O) groups is 2. The average molecular weight is 333 g/mol. The third kappa shape index (κ3) is 3.45. The van der Waals surface area contributed by atoms with Crippen LogP contribution in [-0.2, 0) is 9.84 Å². The van der Waals surface area contributed by atoms with Crippen LogP contribution in [0.1, 0.15) is 10.4 Å². The summed E-state index contributed by atoms with van der Waals surface area (Å²) >= 11 is 5.70. The molecule has 0 aliphatic carbocycles. The number of amides is 2. The number of halogens is 1. The zero-order chi connectivity index (χ0) is 15.6. The Morgan fingerprint density at radius 2 is 2.14 bits per heavy atom. The molecule has 7 nitrogen and oxygen atoms in total. The van der Waals surface area contributed by atoms with Crippen molar-refractivity contribution < 1.29 is 23.1 Å². The van der Waals surface area contributed by atoms with E-state index in [1.807, 2.05) is 0 Å². The molecule has 2 N–H and O–H groups in total. The third-order valence-corrected chi connectivity index (χ3v) is 5.12. The number of nitrogens with one attached hydrogen (secondary N) is 1. The third-order valence-electron chi connectivity index (χ3n) is 3.10. The number of nitrogens with zero attached hydrogens (tertiary/aromatic N) is 1. The van der Waals surface area contributed by atoms with Crippen LogP contribution in [0.3, 0.4) is 0 Å². The summed E-state index contributed by atoms with van der Waals surface area (Å²) in [5.74, 6) is -1.57. The Hall–Kier alpha value is -1.80. The number of urea groups is 1. The number of carboxylic acids is 1. The van der Waals surface area contributed by atoms with Crippen LogP contribution in [0.5, 0.6) is 0 Å². The second-order valence-electron chi connectivity index (χ2n) is 4.48. The summed E-state index contributed by atoms with van der Waals surface area (Å²) < 4.78 is 24.4. The Balaban J connectivity index is 2.17. The largest absolute Gasteiger partial charge is 0.478 e. The van der Waals surface area contributed by atoms with Crippen LogP contribution in [0.25, 0.3) is 0 Å². The number of rotatable bonds is 5. The highest BCUT2D eigenvalue weighted by molar-refractivity contribution is 7.91. The van der Waals surface area contributed by atoms with Crippen LogP contribution in [0.2, 0.25) is 5.02 Å². The molecule has 1 aliphatic rings. The van der Waals surface area contributed by atoms with Gasteiger partial charge in [0.15, 0.2) is 9.84 Å². The predicted molar refractivity (Wildman–Crippen MR) is 75.4 cm³/mol. The molecule has 2 rings (SSSR count). The fourth-order valence-electron chi connectivity index (χ4n) is 1.93. The predicted octanol–water partition coefficient (Wildman–Crippen LogP) is 0.837. The SMILES string of the molecule is O=C(O)c1cc(S(=O)(=O)CCN2CCNC2=O)ccc1Cl. The van der Waals surface area contributed by atoms with Crippen molar-refractivity contribution in [2.24, 2.45) is 0 Å². The summed E-state index contributed by atoms with van der Waals surface area (Å²) in [6.07, 6.45) is 0. The minimum absolute atomic E-state index is 0.0274. The highest BCUT2D eigenvalue weighted by atomic mass is 35.5. The van der Waals surface area contributed by atoms with E-state index >= 15 is 0 Å². The summed E-state index contributed by atoms with van der Waals surface area (Å²) in [7, 11) is -3.69. The van der Waals surface area contributed by atoms with Gasteiger partial charge in [0.25, 0.3) is 0 Å². The number of benzene rings is 1. The standard InChI is InChI=1S/C12H13ClN2O5S/c13-10-2-1-8(7-9(10)11(16)17)21(19,20)6-5-15-4-3-14-12(15)18/h1-2,7H,3-6H2,(H,14,18)(H,16,17). The minimum Gasteiger partial charge on any atom is -0.478 e. The molecule has 0 spiro atoms. The molecule has 21 heavy (non-hydrogen) atoms. The molecule has 0 saturated carbocycles.